The summed E-state index contributed by atoms with van der Waals surface area (Å²) >= 11 is 0. The van der Waals surface area contributed by atoms with E-state index in [1.807, 2.05) is 0 Å². The Morgan fingerprint density at radius 1 is 1.08 bits per heavy atom. The van der Waals surface area contributed by atoms with Crippen LogP contribution in [0.25, 0.3) is 0 Å². The lowest BCUT2D eigenvalue weighted by molar-refractivity contribution is -0.121. The number of anilines is 1. The molecular formula is C20H22FN3O2. The Morgan fingerprint density at radius 2 is 1.73 bits per heavy atom. The molecule has 0 radical (unpaired) electrons. The van der Waals surface area contributed by atoms with E-state index in [9.17, 15) is 14.0 Å². The van der Waals surface area contributed by atoms with Gasteiger partial charge in [0, 0.05) is 23.8 Å². The van der Waals surface area contributed by atoms with Crippen LogP contribution in [-0.4, -0.2) is 23.9 Å². The molecule has 1 saturated carbocycles. The van der Waals surface area contributed by atoms with Gasteiger partial charge in [0.15, 0.2) is 0 Å². The van der Waals surface area contributed by atoms with Crippen LogP contribution in [0.15, 0.2) is 48.5 Å². The van der Waals surface area contributed by atoms with Gasteiger partial charge in [0.25, 0.3) is 5.91 Å². The van der Waals surface area contributed by atoms with Crippen LogP contribution in [0.5, 0.6) is 0 Å². The predicted octanol–water partition coefficient (Wildman–Crippen LogP) is 2.83. The van der Waals surface area contributed by atoms with Crippen LogP contribution in [-0.2, 0) is 11.3 Å². The first-order chi connectivity index (χ1) is 12.5. The summed E-state index contributed by atoms with van der Waals surface area (Å²) < 4.78 is 12.9. The van der Waals surface area contributed by atoms with Crippen LogP contribution in [0.4, 0.5) is 10.1 Å². The van der Waals surface area contributed by atoms with Crippen LogP contribution >= 0.6 is 0 Å². The van der Waals surface area contributed by atoms with Crippen molar-refractivity contribution >= 4 is 17.5 Å². The van der Waals surface area contributed by atoms with Crippen molar-refractivity contribution in [1.29, 1.82) is 0 Å². The average molecular weight is 355 g/mol. The molecule has 0 heterocycles. The Hall–Kier alpha value is -2.89. The molecule has 3 rings (SSSR count). The molecule has 26 heavy (non-hydrogen) atoms. The van der Waals surface area contributed by atoms with Crippen molar-refractivity contribution in [2.75, 3.05) is 5.32 Å². The second kappa shape index (κ2) is 7.99. The molecule has 2 aromatic rings. The lowest BCUT2D eigenvalue weighted by Crippen LogP contribution is -2.37. The zero-order valence-corrected chi connectivity index (χ0v) is 14.6. The standard InChI is InChI=1S/C20H22FN3O2/c1-13(19(25)22-12-14-2-6-16(21)7-3-14)23-17-8-4-15(5-9-17)20(26)24-18-10-11-18/h2-9,13,18,23H,10-12H2,1H3,(H,22,25)(H,24,26). The highest BCUT2D eigenvalue weighted by atomic mass is 19.1. The second-order valence-corrected chi connectivity index (χ2v) is 6.54. The topological polar surface area (TPSA) is 70.2 Å². The molecule has 2 amide bonds. The summed E-state index contributed by atoms with van der Waals surface area (Å²) in [6, 6.07) is 12.9. The smallest absolute Gasteiger partial charge is 0.251 e. The normalized spacial score (nSPS) is 14.4. The maximum Gasteiger partial charge on any atom is 0.251 e. The number of amides is 2. The Balaban J connectivity index is 1.48. The number of rotatable bonds is 7. The van der Waals surface area contributed by atoms with Crippen molar-refractivity contribution < 1.29 is 14.0 Å². The molecule has 1 unspecified atom stereocenters. The summed E-state index contributed by atoms with van der Waals surface area (Å²) in [6.45, 7) is 2.10. The molecule has 3 N–H and O–H groups in total. The molecular weight excluding hydrogens is 333 g/mol. The third-order valence-electron chi connectivity index (χ3n) is 4.22. The fourth-order valence-corrected chi connectivity index (χ4v) is 2.47. The number of carbonyl (C=O) groups excluding carboxylic acids is 2. The van der Waals surface area contributed by atoms with Gasteiger partial charge in [0.05, 0.1) is 0 Å². The Bertz CT molecular complexity index is 771. The van der Waals surface area contributed by atoms with Crippen molar-refractivity contribution in [3.63, 3.8) is 0 Å². The minimum atomic E-state index is -0.443. The summed E-state index contributed by atoms with van der Waals surface area (Å²) in [5.41, 5.74) is 2.20. The van der Waals surface area contributed by atoms with Crippen LogP contribution in [0.3, 0.4) is 0 Å². The minimum Gasteiger partial charge on any atom is -0.374 e. The van der Waals surface area contributed by atoms with Gasteiger partial charge in [-0.2, -0.15) is 0 Å². The SMILES string of the molecule is CC(Nc1ccc(C(=O)NC2CC2)cc1)C(=O)NCc1ccc(F)cc1. The van der Waals surface area contributed by atoms with Gasteiger partial charge < -0.3 is 16.0 Å². The lowest BCUT2D eigenvalue weighted by atomic mass is 10.1. The summed E-state index contributed by atoms with van der Waals surface area (Å²) in [5.74, 6) is -0.529. The van der Waals surface area contributed by atoms with Gasteiger partial charge in [-0.1, -0.05) is 12.1 Å². The van der Waals surface area contributed by atoms with Gasteiger partial charge in [0.1, 0.15) is 11.9 Å². The molecule has 0 aliphatic heterocycles. The molecule has 1 fully saturated rings. The van der Waals surface area contributed by atoms with Crippen molar-refractivity contribution in [3.8, 4) is 0 Å². The molecule has 1 aliphatic carbocycles. The fourth-order valence-electron chi connectivity index (χ4n) is 2.47. The largest absolute Gasteiger partial charge is 0.374 e. The third kappa shape index (κ3) is 5.05. The molecule has 0 saturated heterocycles. The summed E-state index contributed by atoms with van der Waals surface area (Å²) in [5, 5.41) is 8.85. The fraction of sp³-hybridized carbons (Fsp3) is 0.300. The van der Waals surface area contributed by atoms with Crippen molar-refractivity contribution in [2.24, 2.45) is 0 Å². The van der Waals surface area contributed by atoms with E-state index in [-0.39, 0.29) is 17.6 Å². The molecule has 6 heteroatoms. The van der Waals surface area contributed by atoms with E-state index < -0.39 is 6.04 Å². The first-order valence-electron chi connectivity index (χ1n) is 8.71. The van der Waals surface area contributed by atoms with E-state index in [0.717, 1.165) is 24.1 Å². The molecule has 5 nitrogen and oxygen atoms in total. The first kappa shape index (κ1) is 17.9. The molecule has 2 aromatic carbocycles. The number of carbonyl (C=O) groups is 2. The number of halogens is 1. The minimum absolute atomic E-state index is 0.0656. The quantitative estimate of drug-likeness (QED) is 0.715. The second-order valence-electron chi connectivity index (χ2n) is 6.54. The Labute approximate surface area is 152 Å². The third-order valence-corrected chi connectivity index (χ3v) is 4.22. The van der Waals surface area contributed by atoms with Crippen molar-refractivity contribution in [3.05, 3.63) is 65.5 Å². The van der Waals surface area contributed by atoms with Gasteiger partial charge in [-0.25, -0.2) is 4.39 Å². The maximum absolute atomic E-state index is 12.9. The summed E-state index contributed by atoms with van der Waals surface area (Å²) in [7, 11) is 0. The number of hydrogen-bond donors (Lipinski definition) is 3. The van der Waals surface area contributed by atoms with Crippen LogP contribution < -0.4 is 16.0 Å². The highest BCUT2D eigenvalue weighted by molar-refractivity contribution is 5.95. The van der Waals surface area contributed by atoms with Gasteiger partial charge in [0.2, 0.25) is 5.91 Å². The van der Waals surface area contributed by atoms with E-state index in [1.165, 1.54) is 12.1 Å². The van der Waals surface area contributed by atoms with E-state index >= 15 is 0 Å². The molecule has 0 bridgehead atoms. The number of nitrogens with one attached hydrogen (secondary N) is 3. The van der Waals surface area contributed by atoms with E-state index in [0.29, 0.717) is 18.2 Å². The maximum atomic E-state index is 12.9. The number of benzene rings is 2. The zero-order chi connectivity index (χ0) is 18.5. The van der Waals surface area contributed by atoms with Gasteiger partial charge in [-0.3, -0.25) is 9.59 Å². The van der Waals surface area contributed by atoms with Crippen LogP contribution in [0, 0.1) is 5.82 Å². The monoisotopic (exact) mass is 355 g/mol. The van der Waals surface area contributed by atoms with Crippen LogP contribution in [0.1, 0.15) is 35.7 Å². The van der Waals surface area contributed by atoms with Crippen LogP contribution in [0.2, 0.25) is 0 Å². The zero-order valence-electron chi connectivity index (χ0n) is 14.6. The lowest BCUT2D eigenvalue weighted by Gasteiger charge is -2.15. The van der Waals surface area contributed by atoms with Gasteiger partial charge in [-0.15, -0.1) is 0 Å². The number of hydrogen-bond acceptors (Lipinski definition) is 3. The van der Waals surface area contributed by atoms with E-state index in [2.05, 4.69) is 16.0 Å². The van der Waals surface area contributed by atoms with Crippen molar-refractivity contribution in [1.82, 2.24) is 10.6 Å². The molecule has 1 aliphatic rings. The van der Waals surface area contributed by atoms with Crippen molar-refractivity contribution in [2.45, 2.75) is 38.4 Å². The van der Waals surface area contributed by atoms with E-state index in [1.54, 1.807) is 43.3 Å². The molecule has 0 spiro atoms. The Morgan fingerprint density at radius 3 is 2.35 bits per heavy atom. The average Bonchev–Trinajstić information content (AvgIpc) is 3.45. The molecule has 1 atom stereocenters. The predicted molar refractivity (Wildman–Crippen MR) is 98.3 cm³/mol. The highest BCUT2D eigenvalue weighted by Crippen LogP contribution is 2.19. The molecule has 0 aromatic heterocycles. The highest BCUT2D eigenvalue weighted by Gasteiger charge is 2.23. The van der Waals surface area contributed by atoms with Gasteiger partial charge >= 0.3 is 0 Å². The first-order valence-corrected chi connectivity index (χ1v) is 8.71. The summed E-state index contributed by atoms with van der Waals surface area (Å²) in [4.78, 5) is 24.1. The Kier molecular flexibility index (Phi) is 5.51. The van der Waals surface area contributed by atoms with Gasteiger partial charge in [-0.05, 0) is 61.7 Å². The summed E-state index contributed by atoms with van der Waals surface area (Å²) in [6.07, 6.45) is 2.10. The van der Waals surface area contributed by atoms with E-state index in [4.69, 9.17) is 0 Å². The molecule has 136 valence electrons.